The number of nitrogens with zero attached hydrogens (tertiary/aromatic N) is 2. The predicted octanol–water partition coefficient (Wildman–Crippen LogP) is 1.97. The van der Waals surface area contributed by atoms with Gasteiger partial charge in [0.25, 0.3) is 0 Å². The fraction of sp³-hybridized carbons (Fsp3) is 0.600. The maximum Gasteiger partial charge on any atom is 0.248 e. The molecule has 0 unspecified atom stereocenters. The molecule has 1 aromatic carbocycles. The van der Waals surface area contributed by atoms with Gasteiger partial charge in [-0.15, -0.1) is 0 Å². The van der Waals surface area contributed by atoms with E-state index in [4.69, 9.17) is 5.73 Å². The second-order valence-corrected chi connectivity index (χ2v) is 7.90. The minimum Gasteiger partial charge on any atom is -0.366 e. The van der Waals surface area contributed by atoms with Gasteiger partial charge in [-0.25, -0.2) is 0 Å². The highest BCUT2D eigenvalue weighted by Gasteiger charge is 2.47. The Bertz CT molecular complexity index is 668. The van der Waals surface area contributed by atoms with Crippen LogP contribution in [0.3, 0.4) is 0 Å². The van der Waals surface area contributed by atoms with Crippen molar-refractivity contribution in [1.82, 2.24) is 9.80 Å². The molecule has 2 aliphatic carbocycles. The molecule has 4 rings (SSSR count). The van der Waals surface area contributed by atoms with Crippen molar-refractivity contribution in [2.75, 3.05) is 19.6 Å². The van der Waals surface area contributed by atoms with E-state index in [0.29, 0.717) is 23.4 Å². The third-order valence-corrected chi connectivity index (χ3v) is 6.26. The van der Waals surface area contributed by atoms with Crippen LogP contribution >= 0.6 is 0 Å². The Hall–Kier alpha value is -1.88. The fourth-order valence-corrected chi connectivity index (χ4v) is 4.34. The van der Waals surface area contributed by atoms with Crippen molar-refractivity contribution in [2.45, 2.75) is 50.6 Å². The van der Waals surface area contributed by atoms with E-state index in [1.54, 1.807) is 12.1 Å². The predicted molar refractivity (Wildman–Crippen MR) is 96.2 cm³/mol. The standard InChI is InChI=1S/C20H27N3O2/c1-13-12-22(16-3-2-4-16)9-10-23(13)20(25)18-11-17(18)14-5-7-15(8-6-14)19(21)24/h5-8,13,16-18H,2-4,9-12H2,1H3,(H2,21,24)/t13-,17+,18-/m0/s1. The van der Waals surface area contributed by atoms with Crippen molar-refractivity contribution in [2.24, 2.45) is 11.7 Å². The number of carbonyl (C=O) groups excluding carboxylic acids is 2. The average molecular weight is 341 g/mol. The third kappa shape index (κ3) is 3.17. The van der Waals surface area contributed by atoms with Crippen LogP contribution in [-0.4, -0.2) is 53.3 Å². The first-order valence-corrected chi connectivity index (χ1v) is 9.49. The molecule has 2 saturated carbocycles. The lowest BCUT2D eigenvalue weighted by atomic mass is 9.90. The number of amides is 2. The van der Waals surface area contributed by atoms with Gasteiger partial charge in [0.15, 0.2) is 0 Å². The molecule has 25 heavy (non-hydrogen) atoms. The summed E-state index contributed by atoms with van der Waals surface area (Å²) in [5.74, 6) is 0.307. The molecule has 1 heterocycles. The zero-order valence-electron chi connectivity index (χ0n) is 14.9. The summed E-state index contributed by atoms with van der Waals surface area (Å²) >= 11 is 0. The fourth-order valence-electron chi connectivity index (χ4n) is 4.34. The topological polar surface area (TPSA) is 66.6 Å². The van der Waals surface area contributed by atoms with Crippen LogP contribution in [0.2, 0.25) is 0 Å². The van der Waals surface area contributed by atoms with Crippen molar-refractivity contribution >= 4 is 11.8 Å². The molecule has 1 saturated heterocycles. The number of nitrogens with two attached hydrogens (primary N) is 1. The Balaban J connectivity index is 1.35. The Kier molecular flexibility index (Phi) is 4.28. The minimum absolute atomic E-state index is 0.108. The van der Waals surface area contributed by atoms with Gasteiger partial charge in [0.05, 0.1) is 0 Å². The molecule has 0 radical (unpaired) electrons. The van der Waals surface area contributed by atoms with Gasteiger partial charge in [-0.3, -0.25) is 14.5 Å². The number of carbonyl (C=O) groups is 2. The van der Waals surface area contributed by atoms with Crippen LogP contribution in [0.15, 0.2) is 24.3 Å². The highest BCUT2D eigenvalue weighted by Crippen LogP contribution is 2.48. The molecular weight excluding hydrogens is 314 g/mol. The molecular formula is C20H27N3O2. The second kappa shape index (κ2) is 6.45. The summed E-state index contributed by atoms with van der Waals surface area (Å²) in [6.45, 7) is 5.08. The van der Waals surface area contributed by atoms with Gasteiger partial charge < -0.3 is 10.6 Å². The van der Waals surface area contributed by atoms with Gasteiger partial charge in [-0.2, -0.15) is 0 Å². The Morgan fingerprint density at radius 1 is 1.12 bits per heavy atom. The van der Waals surface area contributed by atoms with E-state index in [1.165, 1.54) is 19.3 Å². The van der Waals surface area contributed by atoms with Crippen LogP contribution in [0.4, 0.5) is 0 Å². The smallest absolute Gasteiger partial charge is 0.248 e. The van der Waals surface area contributed by atoms with Gasteiger partial charge in [0.1, 0.15) is 0 Å². The van der Waals surface area contributed by atoms with Crippen LogP contribution in [0.25, 0.3) is 0 Å². The zero-order valence-corrected chi connectivity index (χ0v) is 14.9. The summed E-state index contributed by atoms with van der Waals surface area (Å²) in [5, 5.41) is 0. The number of rotatable bonds is 4. The summed E-state index contributed by atoms with van der Waals surface area (Å²) in [7, 11) is 0. The van der Waals surface area contributed by atoms with Gasteiger partial charge in [0, 0.05) is 43.2 Å². The van der Waals surface area contributed by atoms with Crippen molar-refractivity contribution in [3.63, 3.8) is 0 Å². The van der Waals surface area contributed by atoms with E-state index in [9.17, 15) is 9.59 Å². The lowest BCUT2D eigenvalue weighted by Gasteiger charge is -2.46. The van der Waals surface area contributed by atoms with E-state index in [0.717, 1.165) is 37.7 Å². The molecule has 0 spiro atoms. The largest absolute Gasteiger partial charge is 0.366 e. The Labute approximate surface area is 149 Å². The maximum absolute atomic E-state index is 12.9. The molecule has 5 nitrogen and oxygen atoms in total. The SMILES string of the molecule is C[C@H]1CN(C2CCC2)CCN1C(=O)[C@H]1C[C@@H]1c1ccc(C(N)=O)cc1. The number of hydrogen-bond donors (Lipinski definition) is 1. The molecule has 134 valence electrons. The lowest BCUT2D eigenvalue weighted by Crippen LogP contribution is -2.58. The molecule has 2 N–H and O–H groups in total. The second-order valence-electron chi connectivity index (χ2n) is 7.90. The number of hydrogen-bond acceptors (Lipinski definition) is 3. The van der Waals surface area contributed by atoms with E-state index in [-0.39, 0.29) is 5.92 Å². The summed E-state index contributed by atoms with van der Waals surface area (Å²) < 4.78 is 0. The van der Waals surface area contributed by atoms with Crippen LogP contribution in [0.5, 0.6) is 0 Å². The first-order valence-electron chi connectivity index (χ1n) is 9.49. The van der Waals surface area contributed by atoms with Crippen molar-refractivity contribution in [1.29, 1.82) is 0 Å². The molecule has 3 aliphatic rings. The zero-order chi connectivity index (χ0) is 17.6. The van der Waals surface area contributed by atoms with E-state index >= 15 is 0 Å². The molecule has 0 aromatic heterocycles. The lowest BCUT2D eigenvalue weighted by molar-refractivity contribution is -0.138. The summed E-state index contributed by atoms with van der Waals surface area (Å²) in [4.78, 5) is 28.8. The maximum atomic E-state index is 12.9. The van der Waals surface area contributed by atoms with Crippen molar-refractivity contribution in [3.05, 3.63) is 35.4 Å². The van der Waals surface area contributed by atoms with Crippen molar-refractivity contribution < 1.29 is 9.59 Å². The van der Waals surface area contributed by atoms with E-state index in [2.05, 4.69) is 16.7 Å². The molecule has 3 atom stereocenters. The molecule has 5 heteroatoms. The van der Waals surface area contributed by atoms with E-state index < -0.39 is 5.91 Å². The molecule has 1 aliphatic heterocycles. The van der Waals surface area contributed by atoms with Crippen molar-refractivity contribution in [3.8, 4) is 0 Å². The first kappa shape index (κ1) is 16.6. The molecule has 3 fully saturated rings. The average Bonchev–Trinajstić information content (AvgIpc) is 3.33. The quantitative estimate of drug-likeness (QED) is 0.910. The van der Waals surface area contributed by atoms with Crippen LogP contribution < -0.4 is 5.73 Å². The summed E-state index contributed by atoms with van der Waals surface area (Å²) in [5.41, 5.74) is 6.95. The third-order valence-electron chi connectivity index (χ3n) is 6.26. The highest BCUT2D eigenvalue weighted by molar-refractivity contribution is 5.92. The van der Waals surface area contributed by atoms with Crippen LogP contribution in [0, 0.1) is 5.92 Å². The number of piperazine rings is 1. The monoisotopic (exact) mass is 341 g/mol. The van der Waals surface area contributed by atoms with E-state index in [1.807, 2.05) is 12.1 Å². The normalized spacial score (nSPS) is 30.0. The van der Waals surface area contributed by atoms with Crippen LogP contribution in [0.1, 0.15) is 54.4 Å². The van der Waals surface area contributed by atoms with Gasteiger partial charge in [0.2, 0.25) is 11.8 Å². The number of benzene rings is 1. The molecule has 1 aromatic rings. The summed E-state index contributed by atoms with van der Waals surface area (Å²) in [6.07, 6.45) is 4.93. The minimum atomic E-state index is -0.409. The van der Waals surface area contributed by atoms with Crippen LogP contribution in [-0.2, 0) is 4.79 Å². The summed E-state index contributed by atoms with van der Waals surface area (Å²) in [6, 6.07) is 8.47. The Morgan fingerprint density at radius 3 is 2.40 bits per heavy atom. The number of primary amides is 1. The van der Waals surface area contributed by atoms with Gasteiger partial charge in [-0.05, 0) is 49.8 Å². The molecule has 0 bridgehead atoms. The highest BCUT2D eigenvalue weighted by atomic mass is 16.2. The van der Waals surface area contributed by atoms with Gasteiger partial charge >= 0.3 is 0 Å². The molecule has 2 amide bonds. The van der Waals surface area contributed by atoms with Gasteiger partial charge in [-0.1, -0.05) is 18.6 Å². The first-order chi connectivity index (χ1) is 12.0. The Morgan fingerprint density at radius 2 is 1.84 bits per heavy atom.